The first-order valence-corrected chi connectivity index (χ1v) is 12.9. The third-order valence-corrected chi connectivity index (χ3v) is 6.44. The van der Waals surface area contributed by atoms with E-state index in [-0.39, 0.29) is 23.4 Å². The zero-order valence-corrected chi connectivity index (χ0v) is 21.8. The molecule has 0 aliphatic carbocycles. The molecule has 0 aliphatic heterocycles. The Labute approximate surface area is 229 Å². The van der Waals surface area contributed by atoms with Crippen molar-refractivity contribution in [1.29, 1.82) is 0 Å². The average Bonchev–Trinajstić information content (AvgIpc) is 2.87. The molecule has 3 rings (SSSR count). The zero-order chi connectivity index (χ0) is 29.7. The van der Waals surface area contributed by atoms with Crippen molar-refractivity contribution >= 4 is 33.5 Å². The summed E-state index contributed by atoms with van der Waals surface area (Å²) in [6, 6.07) is 14.4. The number of rotatable bonds is 8. The smallest absolute Gasteiger partial charge is 0.449 e. The molecule has 3 aromatic rings. The van der Waals surface area contributed by atoms with Gasteiger partial charge in [0.2, 0.25) is 0 Å². The topological polar surface area (TPSA) is 94.1 Å². The van der Waals surface area contributed by atoms with Crippen molar-refractivity contribution in [3.8, 4) is 5.75 Å². The van der Waals surface area contributed by atoms with Crippen LogP contribution in [-0.4, -0.2) is 32.3 Å². The highest BCUT2D eigenvalue weighted by atomic mass is 35.5. The lowest BCUT2D eigenvalue weighted by Crippen LogP contribution is -2.28. The van der Waals surface area contributed by atoms with E-state index in [0.717, 1.165) is 30.3 Å². The second-order valence-corrected chi connectivity index (χ2v) is 9.92. The Morgan fingerprint density at radius 2 is 1.52 bits per heavy atom. The highest BCUT2D eigenvalue weighted by molar-refractivity contribution is 7.88. The standard InChI is InChI=1S/C25H19ClF6N2O5S/c1-2-38-23(35)34-33-22(17-4-3-5-18(14-17)24(27,28)29)21(15-6-10-19(26)11-7-15)16-8-12-20(13-9-16)39-40(36,37)25(30,31)32/h3-14,21H,2H2,1H3,(H,34,35). The monoisotopic (exact) mass is 608 g/mol. The summed E-state index contributed by atoms with van der Waals surface area (Å²) in [5.74, 6) is -1.71. The van der Waals surface area contributed by atoms with Gasteiger partial charge in [-0.1, -0.05) is 48.0 Å². The van der Waals surface area contributed by atoms with Crippen LogP contribution in [0.25, 0.3) is 0 Å². The third-order valence-electron chi connectivity index (χ3n) is 5.21. The van der Waals surface area contributed by atoms with Crippen LogP contribution in [0.5, 0.6) is 5.75 Å². The van der Waals surface area contributed by atoms with Crippen molar-refractivity contribution in [2.24, 2.45) is 5.10 Å². The molecule has 0 heterocycles. The number of amides is 1. The molecule has 1 amide bonds. The second-order valence-electron chi connectivity index (χ2n) is 7.94. The van der Waals surface area contributed by atoms with E-state index < -0.39 is 45.1 Å². The predicted octanol–water partition coefficient (Wildman–Crippen LogP) is 6.87. The first-order valence-electron chi connectivity index (χ1n) is 11.2. The van der Waals surface area contributed by atoms with Crippen LogP contribution >= 0.6 is 11.6 Å². The molecule has 40 heavy (non-hydrogen) atoms. The average molecular weight is 609 g/mol. The lowest BCUT2D eigenvalue weighted by atomic mass is 9.84. The van der Waals surface area contributed by atoms with Crippen LogP contribution in [-0.2, 0) is 21.0 Å². The lowest BCUT2D eigenvalue weighted by molar-refractivity contribution is -0.137. The van der Waals surface area contributed by atoms with E-state index in [9.17, 15) is 39.6 Å². The number of hydrazone groups is 1. The minimum atomic E-state index is -5.95. The summed E-state index contributed by atoms with van der Waals surface area (Å²) in [6.07, 6.45) is -5.71. The molecule has 7 nitrogen and oxygen atoms in total. The van der Waals surface area contributed by atoms with Gasteiger partial charge in [0.15, 0.2) is 0 Å². The van der Waals surface area contributed by atoms with Gasteiger partial charge in [-0.05, 0) is 60.0 Å². The van der Waals surface area contributed by atoms with Crippen molar-refractivity contribution in [2.45, 2.75) is 24.5 Å². The van der Waals surface area contributed by atoms with Gasteiger partial charge in [-0.3, -0.25) is 0 Å². The minimum absolute atomic E-state index is 0.0246. The molecular formula is C25H19ClF6N2O5S. The molecule has 1 N–H and O–H groups in total. The van der Waals surface area contributed by atoms with Crippen LogP contribution in [0.4, 0.5) is 31.1 Å². The number of nitrogens with one attached hydrogen (secondary N) is 1. The van der Waals surface area contributed by atoms with Gasteiger partial charge in [0.05, 0.1) is 23.8 Å². The Balaban J connectivity index is 2.18. The summed E-state index contributed by atoms with van der Waals surface area (Å²) in [4.78, 5) is 12.0. The van der Waals surface area contributed by atoms with Crippen molar-refractivity contribution in [2.75, 3.05) is 6.61 Å². The molecule has 1 unspecified atom stereocenters. The van der Waals surface area contributed by atoms with Gasteiger partial charge in [0.1, 0.15) is 5.75 Å². The third kappa shape index (κ3) is 7.66. The SMILES string of the molecule is CCOC(=O)NN=C(c1cccc(C(F)(F)F)c1)C(c1ccc(Cl)cc1)c1ccc(OS(=O)(=O)C(F)(F)F)cc1. The number of benzene rings is 3. The summed E-state index contributed by atoms with van der Waals surface area (Å²) in [5, 5.41) is 4.37. The van der Waals surface area contributed by atoms with Crippen LogP contribution in [0, 0.1) is 0 Å². The Morgan fingerprint density at radius 3 is 2.05 bits per heavy atom. The first kappa shape index (κ1) is 30.8. The summed E-state index contributed by atoms with van der Waals surface area (Å²) in [6.45, 7) is 1.50. The first-order chi connectivity index (χ1) is 18.6. The van der Waals surface area contributed by atoms with Crippen LogP contribution in [0.15, 0.2) is 77.9 Å². The molecule has 0 saturated heterocycles. The molecule has 214 valence electrons. The quantitative estimate of drug-likeness (QED) is 0.0990. The second kappa shape index (κ2) is 12.2. The molecule has 3 aromatic carbocycles. The highest BCUT2D eigenvalue weighted by Crippen LogP contribution is 2.35. The minimum Gasteiger partial charge on any atom is -0.449 e. The Morgan fingerprint density at radius 1 is 0.950 bits per heavy atom. The number of hydrogen-bond donors (Lipinski definition) is 1. The Kier molecular flexibility index (Phi) is 9.36. The Bertz CT molecular complexity index is 1480. The van der Waals surface area contributed by atoms with Crippen LogP contribution < -0.4 is 9.61 Å². The molecule has 15 heteroatoms. The predicted molar refractivity (Wildman–Crippen MR) is 133 cm³/mol. The number of ether oxygens (including phenoxy) is 1. The van der Waals surface area contributed by atoms with Gasteiger partial charge in [0, 0.05) is 5.02 Å². The van der Waals surface area contributed by atoms with Gasteiger partial charge in [-0.15, -0.1) is 0 Å². The Hall–Kier alpha value is -3.78. The van der Waals surface area contributed by atoms with E-state index in [1.54, 1.807) is 0 Å². The number of alkyl halides is 6. The maximum absolute atomic E-state index is 13.5. The fourth-order valence-electron chi connectivity index (χ4n) is 3.47. The molecular weight excluding hydrogens is 590 g/mol. The summed E-state index contributed by atoms with van der Waals surface area (Å²) in [7, 11) is -5.95. The van der Waals surface area contributed by atoms with E-state index in [0.29, 0.717) is 10.6 Å². The molecule has 0 bridgehead atoms. The zero-order valence-electron chi connectivity index (χ0n) is 20.3. The number of halogens is 7. The van der Waals surface area contributed by atoms with E-state index >= 15 is 0 Å². The summed E-state index contributed by atoms with van der Waals surface area (Å²) < 4.78 is 110. The molecule has 0 saturated carbocycles. The van der Waals surface area contributed by atoms with Gasteiger partial charge in [-0.2, -0.15) is 39.9 Å². The number of nitrogens with zero attached hydrogens (tertiary/aromatic N) is 1. The molecule has 0 spiro atoms. The van der Waals surface area contributed by atoms with Gasteiger partial charge in [0.25, 0.3) is 0 Å². The van der Waals surface area contributed by atoms with Crippen molar-refractivity contribution in [3.63, 3.8) is 0 Å². The van der Waals surface area contributed by atoms with Crippen molar-refractivity contribution in [3.05, 3.63) is 100 Å². The van der Waals surface area contributed by atoms with Crippen LogP contribution in [0.2, 0.25) is 5.02 Å². The lowest BCUT2D eigenvalue weighted by Gasteiger charge is -2.22. The van der Waals surface area contributed by atoms with Gasteiger partial charge in [-0.25, -0.2) is 10.2 Å². The van der Waals surface area contributed by atoms with Crippen molar-refractivity contribution in [1.82, 2.24) is 5.43 Å². The number of hydrogen-bond acceptors (Lipinski definition) is 6. The molecule has 0 radical (unpaired) electrons. The number of carbonyl (C=O) groups excluding carboxylic acids is 1. The van der Waals surface area contributed by atoms with E-state index in [2.05, 4.69) is 14.7 Å². The maximum Gasteiger partial charge on any atom is 0.534 e. The molecule has 1 atom stereocenters. The summed E-state index contributed by atoms with van der Waals surface area (Å²) in [5.41, 5.74) is -4.09. The largest absolute Gasteiger partial charge is 0.534 e. The van der Waals surface area contributed by atoms with E-state index in [1.807, 2.05) is 0 Å². The molecule has 0 aliphatic rings. The van der Waals surface area contributed by atoms with Gasteiger partial charge >= 0.3 is 27.9 Å². The van der Waals surface area contributed by atoms with Gasteiger partial charge < -0.3 is 8.92 Å². The summed E-state index contributed by atoms with van der Waals surface area (Å²) >= 11 is 5.99. The molecule has 0 fully saturated rings. The maximum atomic E-state index is 13.5. The number of carbonyl (C=O) groups is 1. The normalized spacial score (nSPS) is 13.4. The van der Waals surface area contributed by atoms with Crippen LogP contribution in [0.3, 0.4) is 0 Å². The molecule has 0 aromatic heterocycles. The fraction of sp³-hybridized carbons (Fsp3) is 0.200. The van der Waals surface area contributed by atoms with Crippen LogP contribution in [0.1, 0.15) is 35.1 Å². The van der Waals surface area contributed by atoms with E-state index in [1.165, 1.54) is 49.4 Å². The fourth-order valence-corrected chi connectivity index (χ4v) is 4.06. The van der Waals surface area contributed by atoms with E-state index in [4.69, 9.17) is 16.3 Å². The van der Waals surface area contributed by atoms with Crippen molar-refractivity contribution < 1.29 is 48.5 Å². The highest BCUT2D eigenvalue weighted by Gasteiger charge is 2.48.